The molecule has 0 saturated heterocycles. The van der Waals surface area contributed by atoms with Crippen LogP contribution < -0.4 is 0 Å². The Hall–Kier alpha value is -0.200. The van der Waals surface area contributed by atoms with Crippen LogP contribution in [0.1, 0.15) is 49.8 Å². The van der Waals surface area contributed by atoms with E-state index in [1.54, 1.807) is 0 Å². The molecule has 2 heteroatoms. The molecule has 0 radical (unpaired) electrons. The fraction of sp³-hybridized carbons (Fsp3) is 0.625. The highest BCUT2D eigenvalue weighted by molar-refractivity contribution is 6.33. The molecule has 1 atom stereocenters. The van der Waals surface area contributed by atoms with Crippen molar-refractivity contribution >= 4 is 23.2 Å². The molecular formula is C16H22Cl2. The maximum Gasteiger partial charge on any atom is 0.0638 e. The van der Waals surface area contributed by atoms with E-state index < -0.39 is 0 Å². The van der Waals surface area contributed by atoms with Gasteiger partial charge in [0.15, 0.2) is 0 Å². The zero-order valence-corrected chi connectivity index (χ0v) is 13.6. The Kier molecular flexibility index (Phi) is 3.28. The molecule has 0 aromatic heterocycles. The van der Waals surface area contributed by atoms with Gasteiger partial charge in [0.1, 0.15) is 0 Å². The van der Waals surface area contributed by atoms with Crippen molar-refractivity contribution in [3.05, 3.63) is 33.8 Å². The van der Waals surface area contributed by atoms with Crippen molar-refractivity contribution in [2.24, 2.45) is 16.7 Å². The third-order valence-corrected chi connectivity index (χ3v) is 6.15. The van der Waals surface area contributed by atoms with E-state index in [4.69, 9.17) is 23.2 Å². The Morgan fingerprint density at radius 2 is 1.44 bits per heavy atom. The Morgan fingerprint density at radius 1 is 1.00 bits per heavy atom. The Bertz CT molecular complexity index is 472. The summed E-state index contributed by atoms with van der Waals surface area (Å²) in [6.45, 7) is 13.4. The van der Waals surface area contributed by atoms with Crippen LogP contribution in [0.2, 0.25) is 5.02 Å². The van der Waals surface area contributed by atoms with Crippen LogP contribution in [0.15, 0.2) is 12.1 Å². The summed E-state index contributed by atoms with van der Waals surface area (Å²) in [6.07, 6.45) is 0. The van der Waals surface area contributed by atoms with Crippen molar-refractivity contribution < 1.29 is 0 Å². The monoisotopic (exact) mass is 284 g/mol. The highest BCUT2D eigenvalue weighted by Gasteiger charge is 2.67. The van der Waals surface area contributed by atoms with Crippen LogP contribution in [0, 0.1) is 30.6 Å². The van der Waals surface area contributed by atoms with Crippen LogP contribution in [0.4, 0.5) is 0 Å². The molecule has 0 spiro atoms. The average Bonchev–Trinajstić information content (AvgIpc) is 2.62. The predicted octanol–water partition coefficient (Wildman–Crippen LogP) is 5.92. The molecule has 0 amide bonds. The fourth-order valence-corrected chi connectivity index (χ4v) is 4.38. The summed E-state index contributed by atoms with van der Waals surface area (Å²) in [5, 5.41) is 0.804. The van der Waals surface area contributed by atoms with Gasteiger partial charge < -0.3 is 0 Å². The number of rotatable bonds is 2. The van der Waals surface area contributed by atoms with E-state index in [-0.39, 0.29) is 16.2 Å². The minimum Gasteiger partial charge on any atom is -0.117 e. The van der Waals surface area contributed by atoms with Crippen molar-refractivity contribution in [3.8, 4) is 0 Å². The number of aryl methyl sites for hydroxylation is 2. The van der Waals surface area contributed by atoms with E-state index >= 15 is 0 Å². The number of benzene rings is 1. The van der Waals surface area contributed by atoms with Gasteiger partial charge >= 0.3 is 0 Å². The van der Waals surface area contributed by atoms with E-state index in [0.29, 0.717) is 5.92 Å². The first-order valence-corrected chi connectivity index (χ1v) is 7.33. The molecular weight excluding hydrogens is 263 g/mol. The molecule has 1 aliphatic carbocycles. The molecule has 1 aromatic rings. The minimum atomic E-state index is 0.00167. The van der Waals surface area contributed by atoms with Gasteiger partial charge in [0.2, 0.25) is 0 Å². The summed E-state index contributed by atoms with van der Waals surface area (Å²) in [7, 11) is 0. The lowest BCUT2D eigenvalue weighted by atomic mass is 9.98. The van der Waals surface area contributed by atoms with Crippen molar-refractivity contribution in [2.45, 2.75) is 46.9 Å². The lowest BCUT2D eigenvalue weighted by Crippen LogP contribution is -2.02. The van der Waals surface area contributed by atoms with Gasteiger partial charge in [-0.1, -0.05) is 45.4 Å². The molecule has 18 heavy (non-hydrogen) atoms. The molecule has 0 N–H and O–H groups in total. The summed E-state index contributed by atoms with van der Waals surface area (Å²) < 4.78 is 0. The average molecular weight is 285 g/mol. The van der Waals surface area contributed by atoms with E-state index in [1.165, 1.54) is 11.1 Å². The van der Waals surface area contributed by atoms with Gasteiger partial charge in [0.25, 0.3) is 0 Å². The zero-order valence-electron chi connectivity index (χ0n) is 12.1. The van der Waals surface area contributed by atoms with E-state index in [2.05, 4.69) is 47.6 Å². The summed E-state index contributed by atoms with van der Waals surface area (Å²) in [5.41, 5.74) is 4.13. The predicted molar refractivity (Wildman–Crippen MR) is 80.6 cm³/mol. The van der Waals surface area contributed by atoms with Crippen LogP contribution >= 0.6 is 23.2 Å². The molecule has 1 aromatic carbocycles. The Labute approximate surface area is 121 Å². The van der Waals surface area contributed by atoms with Gasteiger partial charge in [-0.05, 0) is 53.4 Å². The molecule has 1 saturated carbocycles. The maximum atomic E-state index is 6.72. The quantitative estimate of drug-likeness (QED) is 0.592. The first-order chi connectivity index (χ1) is 8.10. The lowest BCUT2D eigenvalue weighted by molar-refractivity contribution is 0.457. The molecule has 0 aliphatic heterocycles. The number of hydrogen-bond donors (Lipinski definition) is 0. The zero-order chi connectivity index (χ0) is 13.9. The molecule has 0 bridgehead atoms. The van der Waals surface area contributed by atoms with Crippen LogP contribution in [0.3, 0.4) is 0 Å². The van der Waals surface area contributed by atoms with E-state index in [1.807, 2.05) is 6.07 Å². The molecule has 2 rings (SSSR count). The highest BCUT2D eigenvalue weighted by atomic mass is 35.5. The van der Waals surface area contributed by atoms with Crippen molar-refractivity contribution in [3.63, 3.8) is 0 Å². The topological polar surface area (TPSA) is 0 Å². The van der Waals surface area contributed by atoms with Gasteiger partial charge in [-0.15, -0.1) is 11.6 Å². The minimum absolute atomic E-state index is 0.00167. The number of halogens is 2. The van der Waals surface area contributed by atoms with E-state index in [0.717, 1.165) is 10.6 Å². The molecule has 0 nitrogen and oxygen atoms in total. The van der Waals surface area contributed by atoms with Gasteiger partial charge in [-0.3, -0.25) is 0 Å². The van der Waals surface area contributed by atoms with E-state index in [9.17, 15) is 0 Å². The molecule has 1 unspecified atom stereocenters. The molecule has 1 aliphatic rings. The maximum absolute atomic E-state index is 6.72. The summed E-state index contributed by atoms with van der Waals surface area (Å²) in [6, 6.07) is 4.18. The number of alkyl halides is 1. The molecule has 0 heterocycles. The van der Waals surface area contributed by atoms with Crippen molar-refractivity contribution in [1.82, 2.24) is 0 Å². The Balaban J connectivity index is 2.37. The third-order valence-electron chi connectivity index (χ3n) is 5.34. The molecule has 100 valence electrons. The van der Waals surface area contributed by atoms with Crippen LogP contribution in [0.25, 0.3) is 0 Å². The SMILES string of the molecule is Cc1cc(Cl)c(C(Cl)C2C(C)(C)C2(C)C)cc1C. The Morgan fingerprint density at radius 3 is 1.89 bits per heavy atom. The van der Waals surface area contributed by atoms with Crippen LogP contribution in [0.5, 0.6) is 0 Å². The second-order valence-electron chi connectivity index (χ2n) is 6.78. The largest absolute Gasteiger partial charge is 0.117 e. The van der Waals surface area contributed by atoms with Gasteiger partial charge in [0.05, 0.1) is 5.38 Å². The second kappa shape index (κ2) is 4.15. The first kappa shape index (κ1) is 14.2. The standard InChI is InChI=1S/C16H22Cl2/c1-9-7-11(12(17)8-10(9)2)13(18)14-15(3,4)16(14,5)6/h7-8,13-14H,1-6H3. The van der Waals surface area contributed by atoms with Crippen molar-refractivity contribution in [1.29, 1.82) is 0 Å². The summed E-state index contributed by atoms with van der Waals surface area (Å²) in [5.74, 6) is 0.478. The van der Waals surface area contributed by atoms with Gasteiger partial charge in [0, 0.05) is 5.02 Å². The fourth-order valence-electron chi connectivity index (χ4n) is 3.17. The second-order valence-corrected chi connectivity index (χ2v) is 7.66. The summed E-state index contributed by atoms with van der Waals surface area (Å²) in [4.78, 5) is 0. The van der Waals surface area contributed by atoms with Gasteiger partial charge in [-0.2, -0.15) is 0 Å². The van der Waals surface area contributed by atoms with Crippen LogP contribution in [-0.4, -0.2) is 0 Å². The smallest absolute Gasteiger partial charge is 0.0638 e. The lowest BCUT2D eigenvalue weighted by Gasteiger charge is -2.16. The highest BCUT2D eigenvalue weighted by Crippen LogP contribution is 2.73. The normalized spacial score (nSPS) is 22.9. The number of hydrogen-bond acceptors (Lipinski definition) is 0. The van der Waals surface area contributed by atoms with Crippen molar-refractivity contribution in [2.75, 3.05) is 0 Å². The molecule has 1 fully saturated rings. The summed E-state index contributed by atoms with van der Waals surface area (Å²) >= 11 is 13.1. The first-order valence-electron chi connectivity index (χ1n) is 6.51. The van der Waals surface area contributed by atoms with Gasteiger partial charge in [-0.25, -0.2) is 0 Å². The van der Waals surface area contributed by atoms with Crippen LogP contribution in [-0.2, 0) is 0 Å². The third kappa shape index (κ3) is 1.89.